The van der Waals surface area contributed by atoms with Gasteiger partial charge in [0.15, 0.2) is 5.82 Å². The first-order chi connectivity index (χ1) is 24.8. The number of hydrogen-bond donors (Lipinski definition) is 2. The van der Waals surface area contributed by atoms with Crippen LogP contribution in [0.2, 0.25) is 0 Å². The van der Waals surface area contributed by atoms with Crippen LogP contribution in [0.5, 0.6) is 17.2 Å². The van der Waals surface area contributed by atoms with Crippen LogP contribution < -0.4 is 24.8 Å². The Bertz CT molecular complexity index is 2060. The van der Waals surface area contributed by atoms with Gasteiger partial charge < -0.3 is 34.5 Å². The number of carbonyl (C=O) groups is 2. The summed E-state index contributed by atoms with van der Waals surface area (Å²) in [6, 6.07) is 18.3. The van der Waals surface area contributed by atoms with E-state index in [0.717, 1.165) is 47.2 Å². The minimum absolute atomic E-state index is 0.0217. The summed E-state index contributed by atoms with van der Waals surface area (Å²) in [5, 5.41) is 12.5. The number of carbonyl (C=O) groups excluding carboxylic acids is 2. The molecule has 2 aromatic carbocycles. The number of fused-ring (bicyclic) bond motifs is 1. The van der Waals surface area contributed by atoms with Crippen molar-refractivity contribution in [3.05, 3.63) is 89.9 Å². The Morgan fingerprint density at radius 1 is 0.941 bits per heavy atom. The normalized spacial score (nSPS) is 16.6. The van der Waals surface area contributed by atoms with E-state index in [1.807, 2.05) is 52.9 Å². The van der Waals surface area contributed by atoms with Crippen molar-refractivity contribution in [3.8, 4) is 22.9 Å². The first kappa shape index (κ1) is 33.8. The molecule has 13 heteroatoms. The number of hydrogen-bond acceptors (Lipinski definition) is 10. The predicted molar refractivity (Wildman–Crippen MR) is 192 cm³/mol. The quantitative estimate of drug-likeness (QED) is 0.184. The summed E-state index contributed by atoms with van der Waals surface area (Å²) < 4.78 is 23.6. The molecule has 0 aliphatic carbocycles. The summed E-state index contributed by atoms with van der Waals surface area (Å²) in [6.07, 6.45) is 5.13. The first-order valence-electron chi connectivity index (χ1n) is 16.9. The number of benzene rings is 2. The van der Waals surface area contributed by atoms with E-state index < -0.39 is 5.41 Å². The number of aromatic nitrogens is 4. The fourth-order valence-electron chi connectivity index (χ4n) is 6.73. The number of anilines is 2. The van der Waals surface area contributed by atoms with Crippen molar-refractivity contribution in [1.29, 1.82) is 0 Å². The maximum absolute atomic E-state index is 13.5. The standard InChI is InChI=1S/C38H41N7O6/c1-38(22-51-23-38)37(47)44-17-5-6-26(21-44)33-30-14-16-40-35(41-20-25-9-12-28(48-2)18-31(25)50-4)34(30)45(43-33)27-10-7-24(8-11-27)36(46)42-32-19-29(49-3)13-15-39-32/h7-16,18-19,26H,5-6,17,20-23H2,1-4H3,(H,40,41)(H,39,42,46). The zero-order valence-electron chi connectivity index (χ0n) is 29.1. The molecule has 3 aromatic heterocycles. The second-order valence-corrected chi connectivity index (χ2v) is 13.1. The first-order valence-corrected chi connectivity index (χ1v) is 16.9. The van der Waals surface area contributed by atoms with Crippen molar-refractivity contribution in [2.45, 2.75) is 32.2 Å². The molecule has 13 nitrogen and oxygen atoms in total. The SMILES string of the molecule is COc1ccnc(NC(=O)c2ccc(-n3nc(C4CCCN(C(=O)C5(C)COC5)C4)c4ccnc(NCc5ccc(OC)cc5OC)c43)cc2)c1. The summed E-state index contributed by atoms with van der Waals surface area (Å²) in [4.78, 5) is 37.6. The Balaban J connectivity index is 1.23. The molecule has 7 rings (SSSR count). The van der Waals surface area contributed by atoms with Gasteiger partial charge in [0.2, 0.25) is 5.91 Å². The molecule has 2 fully saturated rings. The highest BCUT2D eigenvalue weighted by Gasteiger charge is 2.44. The number of nitrogens with one attached hydrogen (secondary N) is 2. The number of piperidine rings is 1. The molecule has 2 amide bonds. The highest BCUT2D eigenvalue weighted by Crippen LogP contribution is 2.38. The molecule has 51 heavy (non-hydrogen) atoms. The lowest BCUT2D eigenvalue weighted by Crippen LogP contribution is -2.55. The van der Waals surface area contributed by atoms with E-state index in [1.165, 1.54) is 0 Å². The van der Waals surface area contributed by atoms with E-state index in [2.05, 4.69) is 15.6 Å². The Kier molecular flexibility index (Phi) is 9.46. The lowest BCUT2D eigenvalue weighted by molar-refractivity contribution is -0.169. The van der Waals surface area contributed by atoms with Crippen LogP contribution in [0.3, 0.4) is 0 Å². The Hall–Kier alpha value is -5.69. The number of ether oxygens (including phenoxy) is 4. The second-order valence-electron chi connectivity index (χ2n) is 13.1. The molecule has 1 unspecified atom stereocenters. The van der Waals surface area contributed by atoms with Crippen molar-refractivity contribution in [3.63, 3.8) is 0 Å². The van der Waals surface area contributed by atoms with E-state index in [4.69, 9.17) is 29.0 Å². The zero-order chi connectivity index (χ0) is 35.5. The maximum atomic E-state index is 13.5. The lowest BCUT2D eigenvalue weighted by Gasteiger charge is -2.42. The third-order valence-electron chi connectivity index (χ3n) is 9.60. The van der Waals surface area contributed by atoms with Gasteiger partial charge >= 0.3 is 0 Å². The van der Waals surface area contributed by atoms with Crippen LogP contribution in [0.15, 0.2) is 73.1 Å². The second kappa shape index (κ2) is 14.3. The number of pyridine rings is 2. The van der Waals surface area contributed by atoms with E-state index in [1.54, 1.807) is 58.0 Å². The molecule has 2 aliphatic heterocycles. The number of nitrogens with zero attached hydrogens (tertiary/aromatic N) is 5. The number of amides is 2. The molecule has 0 radical (unpaired) electrons. The van der Waals surface area contributed by atoms with E-state index in [-0.39, 0.29) is 17.7 Å². The van der Waals surface area contributed by atoms with Gasteiger partial charge in [0.05, 0.1) is 51.3 Å². The number of rotatable bonds is 11. The number of likely N-dealkylation sites (tertiary alicyclic amines) is 1. The van der Waals surface area contributed by atoms with Crippen molar-refractivity contribution < 1.29 is 28.5 Å². The van der Waals surface area contributed by atoms with Gasteiger partial charge in [-0.2, -0.15) is 5.10 Å². The molecule has 2 saturated heterocycles. The van der Waals surface area contributed by atoms with Crippen LogP contribution in [0, 0.1) is 5.41 Å². The highest BCUT2D eigenvalue weighted by molar-refractivity contribution is 6.04. The minimum atomic E-state index is -0.469. The topological polar surface area (TPSA) is 142 Å². The van der Waals surface area contributed by atoms with Crippen molar-refractivity contribution in [2.24, 2.45) is 5.41 Å². The van der Waals surface area contributed by atoms with Gasteiger partial charge in [0, 0.05) is 66.6 Å². The predicted octanol–water partition coefficient (Wildman–Crippen LogP) is 5.45. The summed E-state index contributed by atoms with van der Waals surface area (Å²) in [5.41, 5.74) is 3.36. The lowest BCUT2D eigenvalue weighted by atomic mass is 9.85. The molecule has 264 valence electrons. The number of methoxy groups -OCH3 is 3. The summed E-state index contributed by atoms with van der Waals surface area (Å²) in [6.45, 7) is 4.61. The van der Waals surface area contributed by atoms with Crippen LogP contribution in [0.4, 0.5) is 11.6 Å². The largest absolute Gasteiger partial charge is 0.497 e. The van der Waals surface area contributed by atoms with Crippen LogP contribution >= 0.6 is 0 Å². The van der Waals surface area contributed by atoms with Crippen LogP contribution in [-0.2, 0) is 16.1 Å². The maximum Gasteiger partial charge on any atom is 0.256 e. The fourth-order valence-corrected chi connectivity index (χ4v) is 6.73. The monoisotopic (exact) mass is 691 g/mol. The van der Waals surface area contributed by atoms with Crippen LogP contribution in [-0.4, -0.2) is 84.1 Å². The molecular weight excluding hydrogens is 650 g/mol. The molecule has 2 aliphatic rings. The van der Waals surface area contributed by atoms with Crippen LogP contribution in [0.25, 0.3) is 16.6 Å². The molecule has 0 spiro atoms. The van der Waals surface area contributed by atoms with Crippen LogP contribution in [0.1, 0.15) is 47.3 Å². The van der Waals surface area contributed by atoms with Gasteiger partial charge in [-0.1, -0.05) is 0 Å². The third kappa shape index (κ3) is 6.76. The van der Waals surface area contributed by atoms with Crippen molar-refractivity contribution >= 4 is 34.4 Å². The average molecular weight is 692 g/mol. The molecule has 0 saturated carbocycles. The highest BCUT2D eigenvalue weighted by atomic mass is 16.5. The third-order valence-corrected chi connectivity index (χ3v) is 9.60. The summed E-state index contributed by atoms with van der Waals surface area (Å²) in [7, 11) is 4.81. The Labute approximate surface area is 295 Å². The van der Waals surface area contributed by atoms with E-state index in [0.29, 0.717) is 60.8 Å². The Morgan fingerprint density at radius 2 is 1.71 bits per heavy atom. The summed E-state index contributed by atoms with van der Waals surface area (Å²) in [5.74, 6) is 2.87. The average Bonchev–Trinajstić information content (AvgIpc) is 3.56. The molecule has 2 N–H and O–H groups in total. The molecule has 5 heterocycles. The smallest absolute Gasteiger partial charge is 0.256 e. The summed E-state index contributed by atoms with van der Waals surface area (Å²) >= 11 is 0. The molecular formula is C38H41N7O6. The van der Waals surface area contributed by atoms with Gasteiger partial charge in [-0.3, -0.25) is 9.59 Å². The van der Waals surface area contributed by atoms with E-state index >= 15 is 0 Å². The van der Waals surface area contributed by atoms with Crippen molar-refractivity contribution in [1.82, 2.24) is 24.6 Å². The van der Waals surface area contributed by atoms with Gasteiger partial charge in [-0.05, 0) is 68.3 Å². The fraction of sp³-hybridized carbons (Fsp3) is 0.342. The van der Waals surface area contributed by atoms with Gasteiger partial charge in [0.25, 0.3) is 5.91 Å². The van der Waals surface area contributed by atoms with Gasteiger partial charge in [0.1, 0.15) is 28.6 Å². The molecule has 0 bridgehead atoms. The molecule has 5 aromatic rings. The van der Waals surface area contributed by atoms with E-state index in [9.17, 15) is 9.59 Å². The van der Waals surface area contributed by atoms with Crippen molar-refractivity contribution in [2.75, 3.05) is 58.3 Å². The van der Waals surface area contributed by atoms with Gasteiger partial charge in [-0.15, -0.1) is 0 Å². The van der Waals surface area contributed by atoms with Gasteiger partial charge in [-0.25, -0.2) is 14.6 Å². The zero-order valence-corrected chi connectivity index (χ0v) is 29.1. The minimum Gasteiger partial charge on any atom is -0.497 e. The Morgan fingerprint density at radius 3 is 2.43 bits per heavy atom. The molecule has 1 atom stereocenters.